The van der Waals surface area contributed by atoms with Gasteiger partial charge in [-0.25, -0.2) is 10.3 Å². The minimum Gasteiger partial charge on any atom is -0.370 e. The predicted molar refractivity (Wildman–Crippen MR) is 146 cm³/mol. The van der Waals surface area contributed by atoms with Gasteiger partial charge in [-0.1, -0.05) is 25.0 Å². The Labute approximate surface area is 237 Å². The van der Waals surface area contributed by atoms with E-state index in [9.17, 15) is 24.6 Å². The molecule has 13 nitrogen and oxygen atoms in total. The van der Waals surface area contributed by atoms with Crippen molar-refractivity contribution in [1.29, 1.82) is 0 Å². The molecule has 218 valence electrons. The normalized spacial score (nSPS) is 35.1. The number of hydrogen-bond donors (Lipinski definition) is 7. The number of aliphatic imine (C=N–C) groups is 1. The van der Waals surface area contributed by atoms with Crippen LogP contribution in [0, 0.1) is 11.8 Å². The Kier molecular flexibility index (Phi) is 5.85. The van der Waals surface area contributed by atoms with Gasteiger partial charge in [0.25, 0.3) is 11.6 Å². The third kappa shape index (κ3) is 3.64. The highest BCUT2D eigenvalue weighted by Gasteiger charge is 2.76. The Bertz CT molecular complexity index is 1370. The fourth-order valence-electron chi connectivity index (χ4n) is 8.15. The second-order valence-electron chi connectivity index (χ2n) is 12.3. The molecule has 1 saturated carbocycles. The Morgan fingerprint density at radius 1 is 1.10 bits per heavy atom. The van der Waals surface area contributed by atoms with Crippen molar-refractivity contribution in [3.05, 3.63) is 34.9 Å². The number of amides is 3. The van der Waals surface area contributed by atoms with Crippen LogP contribution in [0.5, 0.6) is 0 Å². The van der Waals surface area contributed by atoms with Gasteiger partial charge in [0.1, 0.15) is 12.1 Å². The number of nitrogens with two attached hydrogens (primary N) is 2. The lowest BCUT2D eigenvalue weighted by atomic mass is 9.81. The van der Waals surface area contributed by atoms with Crippen LogP contribution in [-0.4, -0.2) is 92.3 Å². The summed E-state index contributed by atoms with van der Waals surface area (Å²) in [5.74, 6) is -3.97. The molecule has 1 aromatic rings. The van der Waals surface area contributed by atoms with Crippen LogP contribution in [0.4, 0.5) is 0 Å². The lowest BCUT2D eigenvalue weighted by Gasteiger charge is -2.46. The molecule has 6 atom stereocenters. The minimum absolute atomic E-state index is 0.00641. The van der Waals surface area contributed by atoms with E-state index in [0.717, 1.165) is 49.7 Å². The van der Waals surface area contributed by atoms with E-state index in [4.69, 9.17) is 11.5 Å². The van der Waals surface area contributed by atoms with Gasteiger partial charge in [-0.2, -0.15) is 0 Å². The van der Waals surface area contributed by atoms with Gasteiger partial charge in [0.2, 0.25) is 17.6 Å². The molecule has 9 N–H and O–H groups in total. The van der Waals surface area contributed by atoms with Gasteiger partial charge >= 0.3 is 5.96 Å². The van der Waals surface area contributed by atoms with Crippen molar-refractivity contribution >= 4 is 29.6 Å². The second kappa shape index (κ2) is 9.15. The molecule has 6 aliphatic rings. The second-order valence-corrected chi connectivity index (χ2v) is 12.3. The highest BCUT2D eigenvalue weighted by Crippen LogP contribution is 2.43. The topological polar surface area (TPSA) is 201 Å². The maximum atomic E-state index is 13.5. The van der Waals surface area contributed by atoms with Crippen LogP contribution in [0.3, 0.4) is 0 Å². The van der Waals surface area contributed by atoms with Crippen LogP contribution in [0.25, 0.3) is 0 Å². The van der Waals surface area contributed by atoms with Gasteiger partial charge in [-0.05, 0) is 55.7 Å². The van der Waals surface area contributed by atoms with E-state index in [1.807, 2.05) is 12.1 Å². The standard InChI is InChI=1S/C28H36N8O5/c29-25-33-21-19(12-35-23(38)17-9-3-4-10-18(17)24(35)39)31-26(30)36-13-20(28(40,41)27(21,36)34-25)32-22(37)16-11-5-7-14-6-1-2-8-15(14)16/h5,7,11,17-21,40-41H,1-4,6,8-10,12-13H2,(H2,30,31)(H,32,37)(H3,29,33,34)/p+1/t17?,18?,19-,20-,21-,27-/m0/s1. The average molecular weight is 566 g/mol. The first kappa shape index (κ1) is 26.2. The van der Waals surface area contributed by atoms with Gasteiger partial charge in [0.15, 0.2) is 12.0 Å². The van der Waals surface area contributed by atoms with Crippen molar-refractivity contribution < 1.29 is 29.6 Å². The number of carbonyl (C=O) groups is 3. The first-order valence-corrected chi connectivity index (χ1v) is 14.6. The van der Waals surface area contributed by atoms with Gasteiger partial charge in [0, 0.05) is 5.56 Å². The smallest absolute Gasteiger partial charge is 0.343 e. The van der Waals surface area contributed by atoms with E-state index in [1.165, 1.54) is 9.80 Å². The summed E-state index contributed by atoms with van der Waals surface area (Å²) in [6, 6.07) is 2.78. The highest BCUT2D eigenvalue weighted by atomic mass is 16.5. The molecule has 2 saturated heterocycles. The Morgan fingerprint density at radius 3 is 2.54 bits per heavy atom. The lowest BCUT2D eigenvalue weighted by molar-refractivity contribution is -0.521. The number of nitrogens with one attached hydrogen (secondary N) is 3. The van der Waals surface area contributed by atoms with Gasteiger partial charge in [-0.3, -0.25) is 34.9 Å². The minimum atomic E-state index is -2.57. The number of imide groups is 1. The Balaban J connectivity index is 1.18. The molecule has 2 aliphatic carbocycles. The quantitative estimate of drug-likeness (QED) is 0.144. The van der Waals surface area contributed by atoms with E-state index in [-0.39, 0.29) is 48.7 Å². The number of likely N-dealkylation sites (tertiary alicyclic amines) is 1. The summed E-state index contributed by atoms with van der Waals surface area (Å²) in [6.45, 7) is -0.128. The van der Waals surface area contributed by atoms with Crippen LogP contribution in [0.15, 0.2) is 23.2 Å². The van der Waals surface area contributed by atoms with Crippen LogP contribution in [-0.2, 0) is 22.4 Å². The molecule has 7 rings (SSSR count). The molecule has 2 unspecified atom stereocenters. The Morgan fingerprint density at radius 2 is 1.80 bits per heavy atom. The number of hydrogen-bond acceptors (Lipinski definition) is 10. The molecule has 0 radical (unpaired) electrons. The number of carbonyl (C=O) groups excluding carboxylic acids is 3. The maximum absolute atomic E-state index is 13.5. The zero-order valence-corrected chi connectivity index (χ0v) is 22.8. The monoisotopic (exact) mass is 565 g/mol. The van der Waals surface area contributed by atoms with Crippen molar-refractivity contribution in [1.82, 2.24) is 20.4 Å². The largest absolute Gasteiger partial charge is 0.370 e. The van der Waals surface area contributed by atoms with Crippen LogP contribution >= 0.6 is 0 Å². The molecular weight excluding hydrogens is 528 g/mol. The molecule has 41 heavy (non-hydrogen) atoms. The van der Waals surface area contributed by atoms with Crippen molar-refractivity contribution in [2.75, 3.05) is 13.1 Å². The summed E-state index contributed by atoms with van der Waals surface area (Å²) < 4.78 is 0. The zero-order valence-electron chi connectivity index (χ0n) is 22.8. The number of aliphatic hydroxyl groups is 2. The third-order valence-electron chi connectivity index (χ3n) is 10.1. The first-order chi connectivity index (χ1) is 19.6. The summed E-state index contributed by atoms with van der Waals surface area (Å²) in [4.78, 5) is 50.4. The van der Waals surface area contributed by atoms with Crippen LogP contribution < -0.4 is 27.1 Å². The lowest BCUT2D eigenvalue weighted by Crippen LogP contribution is -2.90. The van der Waals surface area contributed by atoms with E-state index in [0.29, 0.717) is 18.4 Å². The molecule has 4 aliphatic heterocycles. The SMILES string of the molecule is NC1=N[C@@H](CN2C(=O)C3CCCCC3C2=O)[C@@H]2[NH+]=C(N)N[C@]23N1C[C@H](NC(=O)c1cccc2c1CCCC2)C3(O)O. The summed E-state index contributed by atoms with van der Waals surface area (Å²) in [7, 11) is 0. The number of benzene rings is 1. The molecule has 0 bridgehead atoms. The zero-order chi connectivity index (χ0) is 28.7. The molecular formula is C28H37N8O5+. The third-order valence-corrected chi connectivity index (χ3v) is 10.1. The van der Waals surface area contributed by atoms with E-state index in [1.54, 1.807) is 6.07 Å². The number of nitrogens with zero attached hydrogens (tertiary/aromatic N) is 3. The number of guanidine groups is 2. The summed E-state index contributed by atoms with van der Waals surface area (Å²) in [6.07, 6.45) is 6.96. The molecule has 13 heteroatoms. The molecule has 4 heterocycles. The number of aryl methyl sites for hydroxylation is 1. The van der Waals surface area contributed by atoms with Gasteiger partial charge < -0.3 is 21.3 Å². The van der Waals surface area contributed by atoms with Gasteiger partial charge in [-0.15, -0.1) is 0 Å². The fourth-order valence-corrected chi connectivity index (χ4v) is 8.15. The maximum Gasteiger partial charge on any atom is 0.343 e. The average Bonchev–Trinajstić information content (AvgIpc) is 3.52. The summed E-state index contributed by atoms with van der Waals surface area (Å²) in [5.41, 5.74) is 13.5. The molecule has 0 aromatic heterocycles. The molecule has 1 spiro atoms. The number of fused-ring (bicyclic) bond motifs is 2. The van der Waals surface area contributed by atoms with Crippen LogP contribution in [0.1, 0.15) is 60.0 Å². The highest BCUT2D eigenvalue weighted by molar-refractivity contribution is 6.05. The van der Waals surface area contributed by atoms with Crippen molar-refractivity contribution in [2.45, 2.75) is 80.9 Å². The molecule has 1 aromatic carbocycles. The Hall–Kier alpha value is -3.71. The summed E-state index contributed by atoms with van der Waals surface area (Å²) >= 11 is 0. The van der Waals surface area contributed by atoms with Crippen LogP contribution in [0.2, 0.25) is 0 Å². The van der Waals surface area contributed by atoms with Crippen molar-refractivity contribution in [2.24, 2.45) is 28.3 Å². The van der Waals surface area contributed by atoms with E-state index in [2.05, 4.69) is 20.6 Å². The van der Waals surface area contributed by atoms with E-state index < -0.39 is 35.5 Å². The molecule has 3 fully saturated rings. The predicted octanol–water partition coefficient (Wildman–Crippen LogP) is -3.40. The van der Waals surface area contributed by atoms with Crippen molar-refractivity contribution in [3.8, 4) is 0 Å². The van der Waals surface area contributed by atoms with E-state index >= 15 is 0 Å². The number of rotatable bonds is 4. The first-order valence-electron chi connectivity index (χ1n) is 14.6. The molecule has 3 amide bonds. The van der Waals surface area contributed by atoms with Gasteiger partial charge in [0.05, 0.1) is 24.9 Å². The summed E-state index contributed by atoms with van der Waals surface area (Å²) in [5, 5.41) is 29.4. The van der Waals surface area contributed by atoms with Crippen molar-refractivity contribution in [3.63, 3.8) is 0 Å². The fraction of sp³-hybridized carbons (Fsp3) is 0.607.